The maximum Gasteiger partial charge on any atom is 0.0300 e. The van der Waals surface area contributed by atoms with E-state index in [9.17, 15) is 0 Å². The van der Waals surface area contributed by atoms with E-state index in [1.807, 2.05) is 0 Å². The monoisotopic (exact) mass is 848 g/mol. The van der Waals surface area contributed by atoms with Gasteiger partial charge < -0.3 is 0 Å². The summed E-state index contributed by atoms with van der Waals surface area (Å²) in [7, 11) is 0. The highest BCUT2D eigenvalue weighted by Gasteiger charge is 2.19. The number of hydrogen-bond acceptors (Lipinski definition) is 2. The largest absolute Gasteiger partial charge is 0.295 e. The highest BCUT2D eigenvalue weighted by atomic mass is 79.9. The first-order chi connectivity index (χ1) is 21.9. The van der Waals surface area contributed by atoms with Gasteiger partial charge in [-0.3, -0.25) is 9.80 Å². The summed E-state index contributed by atoms with van der Waals surface area (Å²) >= 11 is 14.4. The lowest BCUT2D eigenvalue weighted by molar-refractivity contribution is 0.171. The highest BCUT2D eigenvalue weighted by Crippen LogP contribution is 2.23. The smallest absolute Gasteiger partial charge is 0.0300 e. The average molecular weight is 852 g/mol. The lowest BCUT2D eigenvalue weighted by Crippen LogP contribution is -2.36. The summed E-state index contributed by atoms with van der Waals surface area (Å²) in [6, 6.07) is 45.7. The zero-order valence-corrected chi connectivity index (χ0v) is 31.3. The van der Waals surface area contributed by atoms with Crippen molar-refractivity contribution in [2.45, 2.75) is 38.6 Å². The number of halogens is 4. The first kappa shape index (κ1) is 34.0. The molecule has 0 saturated carbocycles. The van der Waals surface area contributed by atoms with Gasteiger partial charge in [-0.25, -0.2) is 0 Å². The number of benzene rings is 5. The lowest BCUT2D eigenvalue weighted by atomic mass is 10.0. The van der Waals surface area contributed by atoms with E-state index in [4.69, 9.17) is 0 Å². The zero-order valence-electron chi connectivity index (χ0n) is 25.0. The van der Waals surface area contributed by atoms with Crippen molar-refractivity contribution in [3.05, 3.63) is 179 Å². The normalized spacial score (nSPS) is 12.3. The third-order valence-electron chi connectivity index (χ3n) is 7.76. The van der Waals surface area contributed by atoms with E-state index in [1.165, 1.54) is 27.8 Å². The quantitative estimate of drug-likeness (QED) is 0.110. The van der Waals surface area contributed by atoms with Gasteiger partial charge in [0.15, 0.2) is 0 Å². The van der Waals surface area contributed by atoms with Crippen LogP contribution in [0.1, 0.15) is 34.2 Å². The molecule has 0 fully saturated rings. The Hall–Kier alpha value is -2.32. The lowest BCUT2D eigenvalue weighted by Gasteiger charge is -2.32. The van der Waals surface area contributed by atoms with E-state index in [2.05, 4.69) is 213 Å². The molecule has 0 heterocycles. The molecule has 0 aliphatic heterocycles. The second-order valence-electron chi connectivity index (χ2n) is 11.2. The first-order valence-electron chi connectivity index (χ1n) is 15.1. The molecule has 0 aliphatic carbocycles. The van der Waals surface area contributed by atoms with Crippen molar-refractivity contribution in [1.29, 1.82) is 0 Å². The Morgan fingerprint density at radius 2 is 0.844 bits per heavy atom. The van der Waals surface area contributed by atoms with Crippen LogP contribution >= 0.6 is 63.7 Å². The Balaban J connectivity index is 1.44. The van der Waals surface area contributed by atoms with Gasteiger partial charge in [0.2, 0.25) is 0 Å². The molecule has 0 bridgehead atoms. The minimum atomic E-state index is 0.217. The third kappa shape index (κ3) is 11.5. The predicted octanol–water partition coefficient (Wildman–Crippen LogP) is 11.9. The van der Waals surface area contributed by atoms with Gasteiger partial charge in [-0.2, -0.15) is 0 Å². The molecule has 0 amide bonds. The van der Waals surface area contributed by atoms with Gasteiger partial charge in [-0.15, -0.1) is 0 Å². The second-order valence-corrected chi connectivity index (χ2v) is 14.9. The van der Waals surface area contributed by atoms with Crippen molar-refractivity contribution in [1.82, 2.24) is 9.80 Å². The molecule has 5 rings (SSSR count). The molecule has 5 aromatic carbocycles. The topological polar surface area (TPSA) is 6.48 Å². The van der Waals surface area contributed by atoms with E-state index >= 15 is 0 Å². The van der Waals surface area contributed by atoms with Crippen molar-refractivity contribution >= 4 is 69.8 Å². The average Bonchev–Trinajstić information content (AvgIpc) is 3.05. The van der Waals surface area contributed by atoms with Crippen molar-refractivity contribution < 1.29 is 0 Å². The van der Waals surface area contributed by atoms with Crippen LogP contribution in [0.5, 0.6) is 0 Å². The number of hydrogen-bond donors (Lipinski definition) is 0. The Kier molecular flexibility index (Phi) is 13.3. The molecule has 45 heavy (non-hydrogen) atoms. The molecule has 6 heteroatoms. The van der Waals surface area contributed by atoms with Crippen molar-refractivity contribution in [2.24, 2.45) is 0 Å². The van der Waals surface area contributed by atoms with Crippen LogP contribution in [0.25, 0.3) is 6.08 Å². The van der Waals surface area contributed by atoms with E-state index < -0.39 is 0 Å². The van der Waals surface area contributed by atoms with E-state index in [0.717, 1.165) is 57.0 Å². The standard InChI is InChI=1S/C39H36Br4N2/c40-35-15-6-31(7-16-35)26-44(27-32-8-17-36(41)18-9-32)25-24-39(23-14-30-4-2-1-3-5-30)45(28-33-10-19-37(42)20-11-33)29-34-12-21-38(43)22-13-34/h1-23,39H,24-29H2/b23-14+/t39-/m1/s1. The molecule has 1 atom stereocenters. The van der Waals surface area contributed by atoms with Gasteiger partial charge in [-0.05, 0) is 82.8 Å². The molecule has 0 spiro atoms. The van der Waals surface area contributed by atoms with Crippen LogP contribution in [-0.2, 0) is 26.2 Å². The van der Waals surface area contributed by atoms with Crippen LogP contribution < -0.4 is 0 Å². The minimum absolute atomic E-state index is 0.217. The van der Waals surface area contributed by atoms with Gasteiger partial charge in [-0.1, -0.05) is 155 Å². The second kappa shape index (κ2) is 17.6. The molecule has 0 aliphatic rings. The summed E-state index contributed by atoms with van der Waals surface area (Å²) in [4.78, 5) is 5.19. The van der Waals surface area contributed by atoms with Crippen LogP contribution in [0.3, 0.4) is 0 Å². The molecule has 0 unspecified atom stereocenters. The fraction of sp³-hybridized carbons (Fsp3) is 0.179. The van der Waals surface area contributed by atoms with Gasteiger partial charge >= 0.3 is 0 Å². The third-order valence-corrected chi connectivity index (χ3v) is 9.87. The maximum absolute atomic E-state index is 3.61. The molecule has 230 valence electrons. The summed E-state index contributed by atoms with van der Waals surface area (Å²) in [5.74, 6) is 0. The Morgan fingerprint density at radius 1 is 0.467 bits per heavy atom. The summed E-state index contributed by atoms with van der Waals surface area (Å²) in [6.07, 6.45) is 5.68. The van der Waals surface area contributed by atoms with Gasteiger partial charge in [0.25, 0.3) is 0 Å². The first-order valence-corrected chi connectivity index (χ1v) is 18.2. The zero-order chi connectivity index (χ0) is 31.4. The fourth-order valence-corrected chi connectivity index (χ4v) is 6.41. The molecular weight excluding hydrogens is 816 g/mol. The van der Waals surface area contributed by atoms with Crippen LogP contribution in [0, 0.1) is 0 Å². The van der Waals surface area contributed by atoms with Crippen molar-refractivity contribution in [3.8, 4) is 0 Å². The maximum atomic E-state index is 3.61. The predicted molar refractivity (Wildman–Crippen MR) is 204 cm³/mol. The van der Waals surface area contributed by atoms with Crippen LogP contribution in [0.2, 0.25) is 0 Å². The fourth-order valence-electron chi connectivity index (χ4n) is 5.35. The molecule has 0 aromatic heterocycles. The minimum Gasteiger partial charge on any atom is -0.295 e. The van der Waals surface area contributed by atoms with Gasteiger partial charge in [0.1, 0.15) is 0 Å². The van der Waals surface area contributed by atoms with Gasteiger partial charge in [0, 0.05) is 56.7 Å². The van der Waals surface area contributed by atoms with E-state index in [1.54, 1.807) is 0 Å². The highest BCUT2D eigenvalue weighted by molar-refractivity contribution is 9.11. The van der Waals surface area contributed by atoms with Crippen molar-refractivity contribution in [2.75, 3.05) is 6.54 Å². The van der Waals surface area contributed by atoms with Crippen LogP contribution in [0.4, 0.5) is 0 Å². The number of nitrogens with zero attached hydrogens (tertiary/aromatic N) is 2. The van der Waals surface area contributed by atoms with Crippen molar-refractivity contribution in [3.63, 3.8) is 0 Å². The van der Waals surface area contributed by atoms with E-state index in [-0.39, 0.29) is 6.04 Å². The molecule has 2 nitrogen and oxygen atoms in total. The Labute approximate surface area is 301 Å². The molecule has 0 N–H and O–H groups in total. The SMILES string of the molecule is Brc1ccc(CN(CC[C@@H](/C=C/c2ccccc2)N(Cc2ccc(Br)cc2)Cc2ccc(Br)cc2)Cc2ccc(Br)cc2)cc1. The summed E-state index contributed by atoms with van der Waals surface area (Å²) in [6.45, 7) is 4.43. The van der Waals surface area contributed by atoms with Crippen LogP contribution in [0.15, 0.2) is 151 Å². The molecule has 0 radical (unpaired) electrons. The Morgan fingerprint density at radius 3 is 1.24 bits per heavy atom. The number of rotatable bonds is 14. The molecule has 5 aromatic rings. The van der Waals surface area contributed by atoms with E-state index in [0.29, 0.717) is 0 Å². The summed E-state index contributed by atoms with van der Waals surface area (Å²) < 4.78 is 4.41. The summed E-state index contributed by atoms with van der Waals surface area (Å²) in [5.41, 5.74) is 6.45. The Bertz CT molecular complexity index is 1520. The van der Waals surface area contributed by atoms with Gasteiger partial charge in [0.05, 0.1) is 0 Å². The van der Waals surface area contributed by atoms with Crippen LogP contribution in [-0.4, -0.2) is 22.4 Å². The summed E-state index contributed by atoms with van der Waals surface area (Å²) in [5, 5.41) is 0. The molecule has 0 saturated heterocycles. The molecular formula is C39H36Br4N2.